The summed E-state index contributed by atoms with van der Waals surface area (Å²) >= 11 is 4.32. The van der Waals surface area contributed by atoms with Gasteiger partial charge >= 0.3 is 0 Å². The average Bonchev–Trinajstić information content (AvgIpc) is 3.44. The molecule has 0 aliphatic carbocycles. The number of nitrogens with zero attached hydrogens (tertiary/aromatic N) is 2. The van der Waals surface area contributed by atoms with Gasteiger partial charge in [0, 0.05) is 33.8 Å². The van der Waals surface area contributed by atoms with Crippen LogP contribution in [0.2, 0.25) is 0 Å². The zero-order valence-electron chi connectivity index (χ0n) is 14.6. The van der Waals surface area contributed by atoms with Gasteiger partial charge in [0.25, 0.3) is 11.8 Å². The number of aryl methyl sites for hydroxylation is 1. The molecule has 140 valence electrons. The largest absolute Gasteiger partial charge is 0.321 e. The summed E-state index contributed by atoms with van der Waals surface area (Å²) in [4.78, 5) is 33.9. The molecule has 0 saturated heterocycles. The van der Waals surface area contributed by atoms with Gasteiger partial charge in [-0.3, -0.25) is 14.9 Å². The number of aromatic nitrogens is 2. The standard InChI is InChI=1S/C19H14N4O2S3/c1-11-15(28-18(21-11)13-6-8-26-10-13)17(25)22-14-4-2-12(3-5-14)16(24)23-19-20-7-9-27-19/h2-10H,1H3,(H,22,25)(H,20,23,24). The Labute approximate surface area is 172 Å². The van der Waals surface area contributed by atoms with Crippen LogP contribution in [-0.2, 0) is 0 Å². The molecule has 3 aromatic heterocycles. The maximum absolute atomic E-state index is 12.6. The Hall–Kier alpha value is -2.88. The molecule has 0 atom stereocenters. The number of thiophene rings is 1. The quantitative estimate of drug-likeness (QED) is 0.463. The Bertz CT molecular complexity index is 1100. The first-order valence-corrected chi connectivity index (χ1v) is 10.9. The highest BCUT2D eigenvalue weighted by atomic mass is 32.1. The minimum absolute atomic E-state index is 0.212. The number of amides is 2. The molecule has 0 saturated carbocycles. The summed E-state index contributed by atoms with van der Waals surface area (Å²) in [6.45, 7) is 1.83. The van der Waals surface area contributed by atoms with Crippen LogP contribution in [0.25, 0.3) is 10.6 Å². The zero-order chi connectivity index (χ0) is 19.5. The zero-order valence-corrected chi connectivity index (χ0v) is 17.1. The molecule has 0 unspecified atom stereocenters. The number of thiazole rings is 2. The van der Waals surface area contributed by atoms with Gasteiger partial charge in [-0.15, -0.1) is 22.7 Å². The third-order valence-corrected chi connectivity index (χ3v) is 6.41. The van der Waals surface area contributed by atoms with Crippen LogP contribution < -0.4 is 10.6 Å². The molecular formula is C19H14N4O2S3. The summed E-state index contributed by atoms with van der Waals surface area (Å²) in [7, 11) is 0. The molecule has 9 heteroatoms. The lowest BCUT2D eigenvalue weighted by Gasteiger charge is -2.06. The molecule has 0 radical (unpaired) electrons. The second-order valence-electron chi connectivity index (χ2n) is 5.77. The third kappa shape index (κ3) is 4.01. The van der Waals surface area contributed by atoms with Gasteiger partial charge in [-0.1, -0.05) is 0 Å². The van der Waals surface area contributed by atoms with Crippen molar-refractivity contribution >= 4 is 56.6 Å². The molecule has 2 N–H and O–H groups in total. The van der Waals surface area contributed by atoms with E-state index in [2.05, 4.69) is 20.6 Å². The predicted octanol–water partition coefficient (Wildman–Crippen LogP) is 5.14. The topological polar surface area (TPSA) is 84.0 Å². The first-order valence-electron chi connectivity index (χ1n) is 8.22. The fourth-order valence-corrected chi connectivity index (χ4v) is 4.66. The van der Waals surface area contributed by atoms with Crippen LogP contribution in [0.1, 0.15) is 25.7 Å². The van der Waals surface area contributed by atoms with E-state index in [1.54, 1.807) is 47.2 Å². The smallest absolute Gasteiger partial charge is 0.267 e. The molecule has 6 nitrogen and oxygen atoms in total. The maximum atomic E-state index is 12.6. The van der Waals surface area contributed by atoms with Gasteiger partial charge in [0.15, 0.2) is 5.13 Å². The Morgan fingerprint density at radius 1 is 1.00 bits per heavy atom. The first-order chi connectivity index (χ1) is 13.6. The normalized spacial score (nSPS) is 10.6. The molecule has 0 spiro atoms. The predicted molar refractivity (Wildman–Crippen MR) is 115 cm³/mol. The van der Waals surface area contributed by atoms with Crippen LogP contribution in [0.15, 0.2) is 52.7 Å². The summed E-state index contributed by atoms with van der Waals surface area (Å²) < 4.78 is 0. The number of benzene rings is 1. The van der Waals surface area contributed by atoms with E-state index in [9.17, 15) is 9.59 Å². The highest BCUT2D eigenvalue weighted by Gasteiger charge is 2.17. The molecule has 0 bridgehead atoms. The van der Waals surface area contributed by atoms with E-state index >= 15 is 0 Å². The number of anilines is 2. The van der Waals surface area contributed by atoms with Gasteiger partial charge in [-0.2, -0.15) is 11.3 Å². The molecule has 2 amide bonds. The van der Waals surface area contributed by atoms with Gasteiger partial charge in [0.1, 0.15) is 9.88 Å². The molecule has 3 heterocycles. The molecule has 4 rings (SSSR count). The maximum Gasteiger partial charge on any atom is 0.267 e. The number of carbonyl (C=O) groups excluding carboxylic acids is 2. The molecule has 0 fully saturated rings. The van der Waals surface area contributed by atoms with Crippen LogP contribution in [0.3, 0.4) is 0 Å². The van der Waals surface area contributed by atoms with Crippen LogP contribution in [0.5, 0.6) is 0 Å². The Kier molecular flexibility index (Phi) is 5.29. The van der Waals surface area contributed by atoms with Gasteiger partial charge < -0.3 is 5.32 Å². The monoisotopic (exact) mass is 426 g/mol. The summed E-state index contributed by atoms with van der Waals surface area (Å²) in [5, 5.41) is 12.7. The number of hydrogen-bond acceptors (Lipinski definition) is 7. The Morgan fingerprint density at radius 3 is 2.50 bits per heavy atom. The highest BCUT2D eigenvalue weighted by molar-refractivity contribution is 7.17. The van der Waals surface area contributed by atoms with Crippen molar-refractivity contribution in [3.63, 3.8) is 0 Å². The van der Waals surface area contributed by atoms with Crippen molar-refractivity contribution < 1.29 is 9.59 Å². The number of carbonyl (C=O) groups is 2. The molecule has 4 aromatic rings. The van der Waals surface area contributed by atoms with Crippen molar-refractivity contribution in [2.45, 2.75) is 6.92 Å². The van der Waals surface area contributed by atoms with Gasteiger partial charge in [0.2, 0.25) is 0 Å². The molecule has 1 aromatic carbocycles. The van der Waals surface area contributed by atoms with Crippen molar-refractivity contribution in [3.8, 4) is 10.6 Å². The van der Waals surface area contributed by atoms with Crippen LogP contribution in [-0.4, -0.2) is 21.8 Å². The van der Waals surface area contributed by atoms with E-state index in [4.69, 9.17) is 0 Å². The lowest BCUT2D eigenvalue weighted by Crippen LogP contribution is -2.13. The van der Waals surface area contributed by atoms with Crippen molar-refractivity contribution in [2.75, 3.05) is 10.6 Å². The molecule has 0 aliphatic heterocycles. The van der Waals surface area contributed by atoms with E-state index in [1.165, 1.54) is 22.7 Å². The molecular weight excluding hydrogens is 412 g/mol. The second-order valence-corrected chi connectivity index (χ2v) is 8.44. The first kappa shape index (κ1) is 18.5. The number of hydrogen-bond donors (Lipinski definition) is 2. The number of nitrogens with one attached hydrogen (secondary N) is 2. The minimum Gasteiger partial charge on any atom is -0.321 e. The summed E-state index contributed by atoms with van der Waals surface area (Å²) in [6, 6.07) is 8.71. The summed E-state index contributed by atoms with van der Waals surface area (Å²) in [5.74, 6) is -0.456. The lowest BCUT2D eigenvalue weighted by molar-refractivity contribution is 0.102. The van der Waals surface area contributed by atoms with Crippen molar-refractivity contribution in [3.05, 3.63) is 68.8 Å². The Balaban J connectivity index is 1.44. The van der Waals surface area contributed by atoms with E-state index < -0.39 is 0 Å². The minimum atomic E-state index is -0.244. The fraction of sp³-hybridized carbons (Fsp3) is 0.0526. The van der Waals surface area contributed by atoms with E-state index in [0.29, 0.717) is 27.0 Å². The van der Waals surface area contributed by atoms with E-state index in [0.717, 1.165) is 10.6 Å². The van der Waals surface area contributed by atoms with Crippen molar-refractivity contribution in [2.24, 2.45) is 0 Å². The second kappa shape index (κ2) is 8.01. The SMILES string of the molecule is Cc1nc(-c2ccsc2)sc1C(=O)Nc1ccc(C(=O)Nc2nccs2)cc1. The van der Waals surface area contributed by atoms with Crippen molar-refractivity contribution in [1.29, 1.82) is 0 Å². The fourth-order valence-electron chi connectivity index (χ4n) is 2.46. The summed E-state index contributed by atoms with van der Waals surface area (Å²) in [5.41, 5.74) is 2.82. The van der Waals surface area contributed by atoms with Crippen LogP contribution >= 0.6 is 34.0 Å². The molecule has 28 heavy (non-hydrogen) atoms. The highest BCUT2D eigenvalue weighted by Crippen LogP contribution is 2.30. The van der Waals surface area contributed by atoms with Gasteiger partial charge in [0.05, 0.1) is 5.69 Å². The van der Waals surface area contributed by atoms with E-state index in [1.807, 2.05) is 23.8 Å². The van der Waals surface area contributed by atoms with Crippen LogP contribution in [0, 0.1) is 6.92 Å². The molecule has 0 aliphatic rings. The van der Waals surface area contributed by atoms with Crippen molar-refractivity contribution in [1.82, 2.24) is 9.97 Å². The van der Waals surface area contributed by atoms with Gasteiger partial charge in [-0.05, 0) is 42.6 Å². The van der Waals surface area contributed by atoms with Crippen LogP contribution in [0.4, 0.5) is 10.8 Å². The third-order valence-electron chi connectivity index (χ3n) is 3.83. The average molecular weight is 427 g/mol. The summed E-state index contributed by atoms with van der Waals surface area (Å²) in [6.07, 6.45) is 1.63. The van der Waals surface area contributed by atoms with Gasteiger partial charge in [-0.25, -0.2) is 9.97 Å². The number of rotatable bonds is 5. The Morgan fingerprint density at radius 2 is 1.82 bits per heavy atom. The lowest BCUT2D eigenvalue weighted by atomic mass is 10.2. The van der Waals surface area contributed by atoms with E-state index in [-0.39, 0.29) is 11.8 Å².